The summed E-state index contributed by atoms with van der Waals surface area (Å²) in [6, 6.07) is 9.68. The van der Waals surface area contributed by atoms with Crippen LogP contribution in [0.2, 0.25) is 0 Å². The summed E-state index contributed by atoms with van der Waals surface area (Å²) in [5.74, 6) is -1.01. The molecule has 0 radical (unpaired) electrons. The number of nitrogens with one attached hydrogen (secondary N) is 3. The van der Waals surface area contributed by atoms with Crippen molar-refractivity contribution in [2.75, 3.05) is 31.4 Å². The van der Waals surface area contributed by atoms with Gasteiger partial charge in [0.2, 0.25) is 11.8 Å². The van der Waals surface area contributed by atoms with Crippen LogP contribution in [0.5, 0.6) is 0 Å². The Morgan fingerprint density at radius 1 is 1.11 bits per heavy atom. The molecule has 3 atom stereocenters. The van der Waals surface area contributed by atoms with Crippen LogP contribution in [0.25, 0.3) is 10.4 Å². The molecule has 248 valence electrons. The number of alkyl carbamates (subject to hydrolysis) is 1. The highest BCUT2D eigenvalue weighted by Crippen LogP contribution is 2.47. The number of hydrogen-bond donors (Lipinski definition) is 3. The van der Waals surface area contributed by atoms with E-state index in [4.69, 9.17) is 19.0 Å². The van der Waals surface area contributed by atoms with Gasteiger partial charge in [-0.25, -0.2) is 23.5 Å². The molecule has 1 aromatic heterocycles. The van der Waals surface area contributed by atoms with Gasteiger partial charge in [0, 0.05) is 35.6 Å². The second kappa shape index (κ2) is 15.0. The summed E-state index contributed by atoms with van der Waals surface area (Å²) < 4.78 is 41.7. The van der Waals surface area contributed by atoms with Gasteiger partial charge >= 0.3 is 6.09 Å². The number of thiophene rings is 1. The molecule has 0 saturated carbocycles. The molecule has 45 heavy (non-hydrogen) atoms. The first-order chi connectivity index (χ1) is 21.3. The Hall–Kier alpha value is -3.04. The van der Waals surface area contributed by atoms with Gasteiger partial charge in [-0.05, 0) is 76.3 Å². The van der Waals surface area contributed by atoms with Gasteiger partial charge in [-0.2, -0.15) is 0 Å². The minimum absolute atomic E-state index is 0.00158. The van der Waals surface area contributed by atoms with Crippen LogP contribution in [0, 0.1) is 0 Å². The Morgan fingerprint density at radius 3 is 2.60 bits per heavy atom. The molecule has 2 aliphatic heterocycles. The highest BCUT2D eigenvalue weighted by molar-refractivity contribution is 7.92. The lowest BCUT2D eigenvalue weighted by molar-refractivity contribution is -0.200. The second-order valence-corrected chi connectivity index (χ2v) is 15.8. The van der Waals surface area contributed by atoms with Crippen LogP contribution >= 0.6 is 11.3 Å². The maximum Gasteiger partial charge on any atom is 0.408 e. The zero-order chi connectivity index (χ0) is 32.7. The zero-order valence-electron chi connectivity index (χ0n) is 26.2. The first-order valence-electron chi connectivity index (χ1n) is 15.1. The molecule has 0 aliphatic carbocycles. The van der Waals surface area contributed by atoms with E-state index >= 15 is 0 Å². The highest BCUT2D eigenvalue weighted by Gasteiger charge is 2.49. The van der Waals surface area contributed by atoms with Gasteiger partial charge < -0.3 is 24.8 Å². The topological polar surface area (TPSA) is 158 Å². The van der Waals surface area contributed by atoms with Crippen molar-refractivity contribution in [3.8, 4) is 10.4 Å². The van der Waals surface area contributed by atoms with Crippen molar-refractivity contribution in [1.29, 1.82) is 0 Å². The number of hydrogen-bond acceptors (Lipinski definition) is 10. The molecule has 14 heteroatoms. The molecule has 12 nitrogen and oxygen atoms in total. The van der Waals surface area contributed by atoms with E-state index in [0.717, 1.165) is 23.3 Å². The van der Waals surface area contributed by atoms with Gasteiger partial charge in [-0.15, -0.1) is 11.3 Å². The number of ether oxygens (including phenoxy) is 3. The average molecular weight is 666 g/mol. The molecule has 3 heterocycles. The largest absolute Gasteiger partial charge is 0.444 e. The molecule has 1 unspecified atom stereocenters. The maximum atomic E-state index is 13.6. The van der Waals surface area contributed by atoms with Crippen molar-refractivity contribution < 1.29 is 41.8 Å². The second-order valence-electron chi connectivity index (χ2n) is 12.3. The molecule has 3 N–H and O–H groups in total. The lowest BCUT2D eigenvalue weighted by atomic mass is 9.94. The van der Waals surface area contributed by atoms with Crippen LogP contribution in [-0.2, 0) is 43.2 Å². The number of rotatable bonds is 11. The van der Waals surface area contributed by atoms with Crippen molar-refractivity contribution >= 4 is 44.8 Å². The molecule has 2 aliphatic rings. The Bertz CT molecular complexity index is 1450. The molecular formula is C31H43N3O9S2. The Balaban J connectivity index is 1.50. The molecule has 3 amide bonds. The van der Waals surface area contributed by atoms with E-state index in [2.05, 4.69) is 16.1 Å². The quantitative estimate of drug-likeness (QED) is 0.291. The third-order valence-electron chi connectivity index (χ3n) is 7.54. The minimum Gasteiger partial charge on any atom is -0.444 e. The number of carbonyl (C=O) groups is 3. The fourth-order valence-electron chi connectivity index (χ4n) is 5.36. The fraction of sp³-hybridized carbons (Fsp3) is 0.581. The third-order valence-corrected chi connectivity index (χ3v) is 11.6. The van der Waals surface area contributed by atoms with E-state index in [9.17, 15) is 22.8 Å². The number of carbonyl (C=O) groups excluding carboxylic acids is 3. The minimum atomic E-state index is -3.66. The van der Waals surface area contributed by atoms with Gasteiger partial charge in [0.15, 0.2) is 16.1 Å². The number of hydroxylamine groups is 1. The van der Waals surface area contributed by atoms with E-state index in [1.54, 1.807) is 45.0 Å². The number of anilines is 1. The Labute approximate surface area is 268 Å². The number of benzene rings is 1. The van der Waals surface area contributed by atoms with Crippen LogP contribution < -0.4 is 16.1 Å². The van der Waals surface area contributed by atoms with E-state index in [0.29, 0.717) is 42.9 Å². The average Bonchev–Trinajstić information content (AvgIpc) is 3.48. The SMILES string of the molecule is COC[C@H](NC(=O)OC(C)(C)C)C(=O)Nc1cccc(-c2ccc([C@@]3(CC(=O)NOC4CCCCO4)CCCCS3(=O)=O)s2)c1. The fourth-order valence-corrected chi connectivity index (χ4v) is 9.14. The standard InChI is InChI=1S/C31H43N3O9S2/c1-30(2,3)42-29(37)33-23(20-40-4)28(36)32-22-11-9-10-21(18-22)24-13-14-25(44-24)31(15-6-8-17-45(31,38)39)19-26(35)34-43-27-12-5-7-16-41-27/h9-11,13-14,18,23,27H,5-8,12,15-17,19-20H2,1-4H3,(H,32,36)(H,33,37)(H,34,35)/t23-,27?,31-/m0/s1. The lowest BCUT2D eigenvalue weighted by Crippen LogP contribution is -2.48. The van der Waals surface area contributed by atoms with Crippen molar-refractivity contribution in [3.05, 3.63) is 41.3 Å². The van der Waals surface area contributed by atoms with Gasteiger partial charge in [-0.3, -0.25) is 9.59 Å². The molecular weight excluding hydrogens is 622 g/mol. The molecule has 2 aromatic rings. The smallest absolute Gasteiger partial charge is 0.408 e. The summed E-state index contributed by atoms with van der Waals surface area (Å²) in [6.45, 7) is 5.66. The molecule has 2 saturated heterocycles. The predicted octanol–water partition coefficient (Wildman–Crippen LogP) is 4.65. The number of methoxy groups -OCH3 is 1. The van der Waals surface area contributed by atoms with Crippen molar-refractivity contribution in [3.63, 3.8) is 0 Å². The first kappa shape index (κ1) is 34.8. The van der Waals surface area contributed by atoms with Crippen LogP contribution in [0.1, 0.15) is 70.6 Å². The normalized spacial score (nSPS) is 22.2. The molecule has 2 fully saturated rings. The molecule has 1 aromatic carbocycles. The third kappa shape index (κ3) is 9.26. The zero-order valence-corrected chi connectivity index (χ0v) is 27.8. The van der Waals surface area contributed by atoms with Crippen LogP contribution in [0.15, 0.2) is 36.4 Å². The highest BCUT2D eigenvalue weighted by atomic mass is 32.2. The number of sulfone groups is 1. The molecule has 4 rings (SSSR count). The van der Waals surface area contributed by atoms with Gasteiger partial charge in [0.05, 0.1) is 18.8 Å². The lowest BCUT2D eigenvalue weighted by Gasteiger charge is -2.35. The van der Waals surface area contributed by atoms with Crippen LogP contribution in [-0.4, -0.2) is 70.3 Å². The van der Waals surface area contributed by atoms with Crippen molar-refractivity contribution in [2.24, 2.45) is 0 Å². The van der Waals surface area contributed by atoms with Gasteiger partial charge in [0.1, 0.15) is 16.4 Å². The predicted molar refractivity (Wildman–Crippen MR) is 170 cm³/mol. The summed E-state index contributed by atoms with van der Waals surface area (Å²) in [4.78, 5) is 45.2. The summed E-state index contributed by atoms with van der Waals surface area (Å²) >= 11 is 1.31. The van der Waals surface area contributed by atoms with Crippen molar-refractivity contribution in [1.82, 2.24) is 10.8 Å². The summed E-state index contributed by atoms with van der Waals surface area (Å²) in [5.41, 5.74) is 2.92. The monoisotopic (exact) mass is 665 g/mol. The van der Waals surface area contributed by atoms with Crippen LogP contribution in [0.4, 0.5) is 10.5 Å². The van der Waals surface area contributed by atoms with E-state index in [1.807, 2.05) is 12.1 Å². The van der Waals surface area contributed by atoms with E-state index < -0.39 is 50.4 Å². The molecule has 0 spiro atoms. The van der Waals surface area contributed by atoms with Crippen LogP contribution in [0.3, 0.4) is 0 Å². The molecule has 0 bridgehead atoms. The van der Waals surface area contributed by atoms with Crippen molar-refractivity contribution in [2.45, 2.75) is 88.4 Å². The Kier molecular flexibility index (Phi) is 11.6. The number of amides is 3. The summed E-state index contributed by atoms with van der Waals surface area (Å²) in [5, 5.41) is 5.34. The maximum absolute atomic E-state index is 13.6. The summed E-state index contributed by atoms with van der Waals surface area (Å²) in [6.07, 6.45) is 2.52. The van der Waals surface area contributed by atoms with E-state index in [-0.39, 0.29) is 18.8 Å². The van der Waals surface area contributed by atoms with E-state index in [1.165, 1.54) is 18.4 Å². The van der Waals surface area contributed by atoms with Gasteiger partial charge in [-0.1, -0.05) is 18.6 Å². The first-order valence-corrected chi connectivity index (χ1v) is 17.6. The Morgan fingerprint density at radius 2 is 1.91 bits per heavy atom. The van der Waals surface area contributed by atoms with Gasteiger partial charge in [0.25, 0.3) is 0 Å². The summed E-state index contributed by atoms with van der Waals surface area (Å²) in [7, 11) is -2.23.